The number of allylic oxidation sites excluding steroid dienone is 3. The lowest BCUT2D eigenvalue weighted by molar-refractivity contribution is 0.270. The third kappa shape index (κ3) is 2.73. The molecular formula is C17H21NO. The summed E-state index contributed by atoms with van der Waals surface area (Å²) in [5.74, 6) is 0.942. The van der Waals surface area contributed by atoms with Crippen LogP contribution in [0.1, 0.15) is 20.3 Å². The van der Waals surface area contributed by atoms with Crippen molar-refractivity contribution in [1.82, 2.24) is 0 Å². The van der Waals surface area contributed by atoms with E-state index in [1.165, 1.54) is 0 Å². The maximum absolute atomic E-state index is 6.01. The fraction of sp³-hybridized carbons (Fsp3) is 0.294. The minimum atomic E-state index is -0.0525. The molecule has 0 amide bonds. The van der Waals surface area contributed by atoms with Gasteiger partial charge in [-0.15, -0.1) is 0 Å². The van der Waals surface area contributed by atoms with Crippen molar-refractivity contribution < 1.29 is 4.74 Å². The van der Waals surface area contributed by atoms with Gasteiger partial charge in [-0.25, -0.2) is 0 Å². The monoisotopic (exact) mass is 255 g/mol. The summed E-state index contributed by atoms with van der Waals surface area (Å²) >= 11 is 0. The van der Waals surface area contributed by atoms with E-state index in [9.17, 15) is 0 Å². The first kappa shape index (κ1) is 13.5. The minimum absolute atomic E-state index is 0.0525. The molecule has 0 N–H and O–H groups in total. The van der Waals surface area contributed by atoms with Crippen LogP contribution < -0.4 is 9.64 Å². The number of benzene rings is 1. The molecule has 0 aliphatic carbocycles. The predicted octanol–water partition coefficient (Wildman–Crippen LogP) is 4.31. The van der Waals surface area contributed by atoms with Crippen LogP contribution in [0.4, 0.5) is 5.69 Å². The number of rotatable bonds is 4. The lowest BCUT2D eigenvalue weighted by Gasteiger charge is -2.21. The third-order valence-corrected chi connectivity index (χ3v) is 3.42. The second kappa shape index (κ2) is 5.79. The van der Waals surface area contributed by atoms with Crippen LogP contribution in [0.3, 0.4) is 0 Å². The molecule has 1 unspecified atom stereocenters. The van der Waals surface area contributed by atoms with Crippen LogP contribution >= 0.6 is 0 Å². The van der Waals surface area contributed by atoms with E-state index >= 15 is 0 Å². The Morgan fingerprint density at radius 2 is 2.11 bits per heavy atom. The lowest BCUT2D eigenvalue weighted by Crippen LogP contribution is -2.32. The zero-order valence-corrected chi connectivity index (χ0v) is 11.9. The third-order valence-electron chi connectivity index (χ3n) is 3.42. The van der Waals surface area contributed by atoms with Crippen molar-refractivity contribution in [2.45, 2.75) is 26.5 Å². The normalized spacial score (nSPS) is 18.6. The van der Waals surface area contributed by atoms with Crippen LogP contribution in [-0.2, 0) is 0 Å². The van der Waals surface area contributed by atoms with Gasteiger partial charge in [-0.1, -0.05) is 49.4 Å². The molecule has 2 nitrogen and oxygen atoms in total. The average Bonchev–Trinajstić information content (AvgIpc) is 2.77. The molecule has 0 aromatic heterocycles. The Kier molecular flexibility index (Phi) is 4.10. The number of nitrogens with zero attached hydrogens (tertiary/aromatic N) is 1. The molecule has 0 saturated carbocycles. The molecule has 100 valence electrons. The van der Waals surface area contributed by atoms with Crippen molar-refractivity contribution in [1.29, 1.82) is 0 Å². The summed E-state index contributed by atoms with van der Waals surface area (Å²) in [6, 6.07) is 8.12. The van der Waals surface area contributed by atoms with Crippen molar-refractivity contribution in [3.63, 3.8) is 0 Å². The molecule has 19 heavy (non-hydrogen) atoms. The first-order chi connectivity index (χ1) is 9.17. The zero-order valence-electron chi connectivity index (χ0n) is 11.9. The molecule has 0 saturated heterocycles. The Hall–Kier alpha value is -1.96. The number of likely N-dealkylation sites (N-methyl/N-ethyl adjacent to an activating group) is 1. The van der Waals surface area contributed by atoms with Gasteiger partial charge >= 0.3 is 0 Å². The topological polar surface area (TPSA) is 12.5 Å². The van der Waals surface area contributed by atoms with Gasteiger partial charge in [0.15, 0.2) is 6.23 Å². The quantitative estimate of drug-likeness (QED) is 0.743. The van der Waals surface area contributed by atoms with Crippen molar-refractivity contribution in [2.75, 3.05) is 11.9 Å². The number of fused-ring (bicyclic) bond motifs is 1. The van der Waals surface area contributed by atoms with Gasteiger partial charge in [0, 0.05) is 12.6 Å². The average molecular weight is 255 g/mol. The van der Waals surface area contributed by atoms with E-state index in [-0.39, 0.29) is 6.23 Å². The Bertz CT molecular complexity index is 528. The number of para-hydroxylation sites is 2. The van der Waals surface area contributed by atoms with Gasteiger partial charge in [0.25, 0.3) is 0 Å². The Labute approximate surface area is 115 Å². The van der Waals surface area contributed by atoms with E-state index in [1.54, 1.807) is 0 Å². The highest BCUT2D eigenvalue weighted by Crippen LogP contribution is 2.37. The van der Waals surface area contributed by atoms with Crippen LogP contribution in [0.15, 0.2) is 60.2 Å². The second-order valence-electron chi connectivity index (χ2n) is 4.68. The largest absolute Gasteiger partial charge is 0.464 e. The highest BCUT2D eigenvalue weighted by Gasteiger charge is 2.29. The van der Waals surface area contributed by atoms with E-state index in [2.05, 4.69) is 49.7 Å². The molecule has 1 heterocycles. The number of hydrogen-bond donors (Lipinski definition) is 0. The summed E-state index contributed by atoms with van der Waals surface area (Å²) in [6.07, 6.45) is 7.17. The summed E-state index contributed by atoms with van der Waals surface area (Å²) in [5, 5.41) is 0. The molecule has 1 aromatic rings. The number of anilines is 1. The Morgan fingerprint density at radius 3 is 2.74 bits per heavy atom. The first-order valence-electron chi connectivity index (χ1n) is 6.68. The zero-order chi connectivity index (χ0) is 13.8. The van der Waals surface area contributed by atoms with E-state index in [1.807, 2.05) is 25.1 Å². The smallest absolute Gasteiger partial charge is 0.198 e. The van der Waals surface area contributed by atoms with Crippen molar-refractivity contribution in [3.05, 3.63) is 60.2 Å². The van der Waals surface area contributed by atoms with E-state index in [0.717, 1.165) is 29.0 Å². The number of hydrogen-bond acceptors (Lipinski definition) is 2. The fourth-order valence-corrected chi connectivity index (χ4v) is 2.12. The highest BCUT2D eigenvalue weighted by molar-refractivity contribution is 5.63. The van der Waals surface area contributed by atoms with Gasteiger partial charge < -0.3 is 9.64 Å². The molecule has 0 spiro atoms. The van der Waals surface area contributed by atoms with E-state index in [0.29, 0.717) is 0 Å². The lowest BCUT2D eigenvalue weighted by atomic mass is 10.1. The molecule has 1 aromatic carbocycles. The van der Waals surface area contributed by atoms with Gasteiger partial charge in [-0.3, -0.25) is 0 Å². The molecular weight excluding hydrogens is 234 g/mol. The van der Waals surface area contributed by atoms with Gasteiger partial charge in [0.2, 0.25) is 0 Å². The van der Waals surface area contributed by atoms with Crippen LogP contribution in [0.25, 0.3) is 0 Å². The van der Waals surface area contributed by atoms with Crippen LogP contribution in [-0.4, -0.2) is 13.3 Å². The maximum Gasteiger partial charge on any atom is 0.198 e. The standard InChI is InChI=1S/C17H21NO/c1-5-13(3)11-12-14(6-2)17-18(4)15-9-7-8-10-16(15)19-17/h6-12,17H,3,5H2,1-2,4H3/b12-11-,14-6+. The summed E-state index contributed by atoms with van der Waals surface area (Å²) < 4.78 is 6.01. The van der Waals surface area contributed by atoms with Gasteiger partial charge in [-0.05, 0) is 25.5 Å². The molecule has 1 aliphatic heterocycles. The van der Waals surface area contributed by atoms with Crippen molar-refractivity contribution >= 4 is 5.69 Å². The van der Waals surface area contributed by atoms with Crippen molar-refractivity contribution in [3.8, 4) is 5.75 Å². The van der Waals surface area contributed by atoms with Crippen LogP contribution in [0, 0.1) is 0 Å². The SMILES string of the molecule is C=C(/C=C\C(=C/C)C1Oc2ccccc2N1C)CC. The molecule has 1 atom stereocenters. The van der Waals surface area contributed by atoms with Crippen LogP contribution in [0.2, 0.25) is 0 Å². The Balaban J connectivity index is 2.20. The first-order valence-corrected chi connectivity index (χ1v) is 6.68. The predicted molar refractivity (Wildman–Crippen MR) is 81.6 cm³/mol. The fourth-order valence-electron chi connectivity index (χ4n) is 2.12. The molecule has 1 aliphatic rings. The maximum atomic E-state index is 6.01. The summed E-state index contributed by atoms with van der Waals surface area (Å²) in [4.78, 5) is 2.16. The molecule has 0 bridgehead atoms. The van der Waals surface area contributed by atoms with Gasteiger partial charge in [0.05, 0.1) is 5.69 Å². The summed E-state index contributed by atoms with van der Waals surface area (Å²) in [5.41, 5.74) is 3.40. The molecule has 0 fully saturated rings. The summed E-state index contributed by atoms with van der Waals surface area (Å²) in [6.45, 7) is 8.14. The number of ether oxygens (including phenoxy) is 1. The van der Waals surface area contributed by atoms with Gasteiger partial charge in [-0.2, -0.15) is 0 Å². The van der Waals surface area contributed by atoms with E-state index in [4.69, 9.17) is 4.74 Å². The molecule has 0 radical (unpaired) electrons. The van der Waals surface area contributed by atoms with E-state index < -0.39 is 0 Å². The van der Waals surface area contributed by atoms with Crippen molar-refractivity contribution in [2.24, 2.45) is 0 Å². The minimum Gasteiger partial charge on any atom is -0.464 e. The highest BCUT2D eigenvalue weighted by atomic mass is 16.5. The molecule has 2 rings (SSSR count). The Morgan fingerprint density at radius 1 is 1.37 bits per heavy atom. The summed E-state index contributed by atoms with van der Waals surface area (Å²) in [7, 11) is 2.06. The van der Waals surface area contributed by atoms with Crippen LogP contribution in [0.5, 0.6) is 5.75 Å². The van der Waals surface area contributed by atoms with Gasteiger partial charge in [0.1, 0.15) is 5.75 Å². The second-order valence-corrected chi connectivity index (χ2v) is 4.68. The molecule has 2 heteroatoms.